The lowest BCUT2D eigenvalue weighted by Gasteiger charge is -2.16. The Morgan fingerprint density at radius 2 is 1.70 bits per heavy atom. The molecule has 2 aromatic carbocycles. The van der Waals surface area contributed by atoms with Crippen molar-refractivity contribution in [1.29, 1.82) is 0 Å². The number of aliphatic hydroxyl groups is 1. The van der Waals surface area contributed by atoms with Gasteiger partial charge in [-0.1, -0.05) is 29.8 Å². The van der Waals surface area contributed by atoms with Gasteiger partial charge in [0.1, 0.15) is 5.82 Å². The van der Waals surface area contributed by atoms with Crippen molar-refractivity contribution in [1.82, 2.24) is 0 Å². The summed E-state index contributed by atoms with van der Waals surface area (Å²) in [5.74, 6) is -0.365. The molecule has 0 fully saturated rings. The first-order valence-electron chi connectivity index (χ1n) is 6.58. The molecule has 2 rings (SSSR count). The first-order chi connectivity index (χ1) is 9.38. The summed E-state index contributed by atoms with van der Waals surface area (Å²) >= 11 is 6.01. The van der Waals surface area contributed by atoms with Gasteiger partial charge in [0, 0.05) is 11.4 Å². The molecule has 106 valence electrons. The highest BCUT2D eigenvalue weighted by Gasteiger charge is 2.14. The summed E-state index contributed by atoms with van der Waals surface area (Å²) in [5, 5.41) is 10.8. The summed E-state index contributed by atoms with van der Waals surface area (Å²) in [6.45, 7) is 6.06. The molecule has 0 aliphatic carbocycles. The van der Waals surface area contributed by atoms with Gasteiger partial charge >= 0.3 is 0 Å². The molecule has 1 N–H and O–H groups in total. The van der Waals surface area contributed by atoms with E-state index < -0.39 is 6.10 Å². The number of hydrogen-bond acceptors (Lipinski definition) is 1. The van der Waals surface area contributed by atoms with Crippen molar-refractivity contribution in [2.24, 2.45) is 0 Å². The highest BCUT2D eigenvalue weighted by molar-refractivity contribution is 6.31. The van der Waals surface area contributed by atoms with E-state index in [0.717, 1.165) is 22.3 Å². The normalized spacial score (nSPS) is 12.5. The van der Waals surface area contributed by atoms with Gasteiger partial charge in [-0.3, -0.25) is 0 Å². The van der Waals surface area contributed by atoms with E-state index in [9.17, 15) is 9.50 Å². The van der Waals surface area contributed by atoms with Crippen LogP contribution < -0.4 is 0 Å². The predicted molar refractivity (Wildman–Crippen MR) is 80.7 cm³/mol. The zero-order chi connectivity index (χ0) is 14.9. The zero-order valence-corrected chi connectivity index (χ0v) is 12.6. The molecule has 0 heterocycles. The van der Waals surface area contributed by atoms with Gasteiger partial charge in [-0.15, -0.1) is 0 Å². The second-order valence-electron chi connectivity index (χ2n) is 5.25. The first-order valence-corrected chi connectivity index (χ1v) is 6.96. The van der Waals surface area contributed by atoms with E-state index in [1.165, 1.54) is 17.7 Å². The molecule has 3 heteroatoms. The molecular weight excluding hydrogens is 275 g/mol. The largest absolute Gasteiger partial charge is 0.388 e. The SMILES string of the molecule is Cc1cc(C)c(C(O)Cc2ccc(F)cc2Cl)cc1C. The maximum atomic E-state index is 13.0. The molecule has 0 saturated carbocycles. The molecule has 0 spiro atoms. The Morgan fingerprint density at radius 1 is 1.05 bits per heavy atom. The Balaban J connectivity index is 2.28. The van der Waals surface area contributed by atoms with E-state index in [2.05, 4.69) is 13.0 Å². The van der Waals surface area contributed by atoms with Gasteiger partial charge in [-0.25, -0.2) is 4.39 Å². The molecule has 0 aliphatic heterocycles. The number of benzene rings is 2. The van der Waals surface area contributed by atoms with Crippen molar-refractivity contribution in [2.75, 3.05) is 0 Å². The summed E-state index contributed by atoms with van der Waals surface area (Å²) < 4.78 is 13.0. The monoisotopic (exact) mass is 292 g/mol. The highest BCUT2D eigenvalue weighted by atomic mass is 35.5. The third-order valence-electron chi connectivity index (χ3n) is 3.67. The minimum atomic E-state index is -0.641. The summed E-state index contributed by atoms with van der Waals surface area (Å²) in [6.07, 6.45) is -0.264. The molecule has 0 aromatic heterocycles. The number of rotatable bonds is 3. The van der Waals surface area contributed by atoms with Crippen molar-refractivity contribution in [3.63, 3.8) is 0 Å². The van der Waals surface area contributed by atoms with Crippen molar-refractivity contribution < 1.29 is 9.50 Å². The molecule has 0 aliphatic rings. The van der Waals surface area contributed by atoms with Crippen LogP contribution >= 0.6 is 11.6 Å². The van der Waals surface area contributed by atoms with E-state index in [1.54, 1.807) is 6.07 Å². The van der Waals surface area contributed by atoms with Gasteiger partial charge < -0.3 is 5.11 Å². The minimum Gasteiger partial charge on any atom is -0.388 e. The van der Waals surface area contributed by atoms with Gasteiger partial charge in [0.15, 0.2) is 0 Å². The second-order valence-corrected chi connectivity index (χ2v) is 5.66. The van der Waals surface area contributed by atoms with Crippen LogP contribution in [0.1, 0.15) is 33.9 Å². The first kappa shape index (κ1) is 15.0. The smallest absolute Gasteiger partial charge is 0.124 e. The van der Waals surface area contributed by atoms with Gasteiger partial charge in [-0.05, 0) is 60.7 Å². The summed E-state index contributed by atoms with van der Waals surface area (Å²) in [4.78, 5) is 0. The second kappa shape index (κ2) is 5.94. The lowest BCUT2D eigenvalue weighted by Crippen LogP contribution is -2.05. The Hall–Kier alpha value is -1.38. The van der Waals surface area contributed by atoms with E-state index in [0.29, 0.717) is 11.4 Å². The molecule has 0 bridgehead atoms. The Morgan fingerprint density at radius 3 is 2.35 bits per heavy atom. The van der Waals surface area contributed by atoms with Crippen LogP contribution in [0.25, 0.3) is 0 Å². The molecule has 2 aromatic rings. The highest BCUT2D eigenvalue weighted by Crippen LogP contribution is 2.27. The predicted octanol–water partition coefficient (Wildman–Crippen LogP) is 4.68. The molecule has 0 saturated heterocycles. The van der Waals surface area contributed by atoms with Crippen LogP contribution in [0.3, 0.4) is 0 Å². The molecule has 1 atom stereocenters. The standard InChI is InChI=1S/C17H18ClFO/c1-10-6-12(3)15(7-11(10)2)17(20)8-13-4-5-14(19)9-16(13)18/h4-7,9,17,20H,8H2,1-3H3. The summed E-state index contributed by atoms with van der Waals surface area (Å²) in [6, 6.07) is 8.34. The van der Waals surface area contributed by atoms with Crippen LogP contribution in [0.4, 0.5) is 4.39 Å². The van der Waals surface area contributed by atoms with Crippen molar-refractivity contribution in [2.45, 2.75) is 33.3 Å². The maximum Gasteiger partial charge on any atom is 0.124 e. The fraction of sp³-hybridized carbons (Fsp3) is 0.294. The van der Waals surface area contributed by atoms with Crippen LogP contribution in [0, 0.1) is 26.6 Å². The molecule has 1 nitrogen and oxygen atoms in total. The van der Waals surface area contributed by atoms with E-state index >= 15 is 0 Å². The van der Waals surface area contributed by atoms with Gasteiger partial charge in [0.2, 0.25) is 0 Å². The van der Waals surface area contributed by atoms with E-state index in [-0.39, 0.29) is 5.82 Å². The lowest BCUT2D eigenvalue weighted by molar-refractivity contribution is 0.177. The van der Waals surface area contributed by atoms with Crippen LogP contribution in [0.5, 0.6) is 0 Å². The maximum absolute atomic E-state index is 13.0. The molecule has 1 unspecified atom stereocenters. The lowest BCUT2D eigenvalue weighted by atomic mass is 9.94. The van der Waals surface area contributed by atoms with Crippen LogP contribution in [0.15, 0.2) is 30.3 Å². The molecule has 0 amide bonds. The Bertz CT molecular complexity index is 637. The zero-order valence-electron chi connectivity index (χ0n) is 11.9. The third kappa shape index (κ3) is 3.20. The van der Waals surface area contributed by atoms with Gasteiger partial charge in [0.25, 0.3) is 0 Å². The van der Waals surface area contributed by atoms with Crippen molar-refractivity contribution >= 4 is 11.6 Å². The van der Waals surface area contributed by atoms with Crippen molar-refractivity contribution in [3.8, 4) is 0 Å². The molecule has 0 radical (unpaired) electrons. The molecular formula is C17H18ClFO. The average molecular weight is 293 g/mol. The van der Waals surface area contributed by atoms with Crippen LogP contribution in [-0.2, 0) is 6.42 Å². The fourth-order valence-corrected chi connectivity index (χ4v) is 2.59. The van der Waals surface area contributed by atoms with Gasteiger partial charge in [0.05, 0.1) is 6.10 Å². The molecule has 20 heavy (non-hydrogen) atoms. The minimum absolute atomic E-state index is 0.352. The van der Waals surface area contributed by atoms with E-state index in [1.807, 2.05) is 19.9 Å². The van der Waals surface area contributed by atoms with Crippen LogP contribution in [-0.4, -0.2) is 5.11 Å². The van der Waals surface area contributed by atoms with Crippen molar-refractivity contribution in [3.05, 3.63) is 69.0 Å². The summed E-state index contributed by atoms with van der Waals surface area (Å²) in [5.41, 5.74) is 5.05. The topological polar surface area (TPSA) is 20.2 Å². The number of hydrogen-bond donors (Lipinski definition) is 1. The third-order valence-corrected chi connectivity index (χ3v) is 4.02. The van der Waals surface area contributed by atoms with Crippen LogP contribution in [0.2, 0.25) is 5.02 Å². The number of aryl methyl sites for hydroxylation is 3. The quantitative estimate of drug-likeness (QED) is 0.871. The average Bonchev–Trinajstić information content (AvgIpc) is 2.37. The number of halogens is 2. The summed E-state index contributed by atoms with van der Waals surface area (Å²) in [7, 11) is 0. The Labute approximate surface area is 124 Å². The Kier molecular flexibility index (Phi) is 4.46. The fourth-order valence-electron chi connectivity index (χ4n) is 2.35. The number of aliphatic hydroxyl groups excluding tert-OH is 1. The van der Waals surface area contributed by atoms with Gasteiger partial charge in [-0.2, -0.15) is 0 Å². The van der Waals surface area contributed by atoms with E-state index in [4.69, 9.17) is 11.6 Å².